The van der Waals surface area contributed by atoms with Gasteiger partial charge in [0.1, 0.15) is 0 Å². The Morgan fingerprint density at radius 3 is 1.54 bits per heavy atom. The predicted molar refractivity (Wildman–Crippen MR) is 301 cm³/mol. The van der Waals surface area contributed by atoms with E-state index in [1.165, 1.54) is 104 Å². The first-order valence-electron chi connectivity index (χ1n) is 25.0. The molecule has 3 nitrogen and oxygen atoms in total. The van der Waals surface area contributed by atoms with Gasteiger partial charge in [-0.1, -0.05) is 188 Å². The molecule has 2 heterocycles. The van der Waals surface area contributed by atoms with Crippen LogP contribution in [-0.4, -0.2) is 9.13 Å². The van der Waals surface area contributed by atoms with Crippen molar-refractivity contribution in [3.8, 4) is 33.6 Å². The van der Waals surface area contributed by atoms with Gasteiger partial charge in [0, 0.05) is 49.9 Å². The Hall–Kier alpha value is -9.44. The normalized spacial score (nSPS) is 13.1. The lowest BCUT2D eigenvalue weighted by Gasteiger charge is -2.32. The molecular formula is C69H43N3. The average molecular weight is 914 g/mol. The molecule has 1 spiro atoms. The summed E-state index contributed by atoms with van der Waals surface area (Å²) in [6, 6.07) is 97.4. The number of para-hydroxylation sites is 3. The maximum absolute atomic E-state index is 2.55. The summed E-state index contributed by atoms with van der Waals surface area (Å²) in [7, 11) is 0. The van der Waals surface area contributed by atoms with E-state index in [-0.39, 0.29) is 0 Å². The van der Waals surface area contributed by atoms with Crippen molar-refractivity contribution in [2.75, 3.05) is 4.90 Å². The third-order valence-corrected chi connectivity index (χ3v) is 16.1. The van der Waals surface area contributed by atoms with Crippen LogP contribution in [0.2, 0.25) is 0 Å². The van der Waals surface area contributed by atoms with Gasteiger partial charge in [-0.3, -0.25) is 0 Å². The van der Waals surface area contributed by atoms with E-state index in [2.05, 4.69) is 275 Å². The summed E-state index contributed by atoms with van der Waals surface area (Å²) in [5.74, 6) is 0. The lowest BCUT2D eigenvalue weighted by molar-refractivity contribution is 0.794. The summed E-state index contributed by atoms with van der Waals surface area (Å²) < 4.78 is 4.89. The van der Waals surface area contributed by atoms with Crippen LogP contribution < -0.4 is 4.90 Å². The summed E-state index contributed by atoms with van der Waals surface area (Å²) in [6.07, 6.45) is 0. The second-order valence-corrected chi connectivity index (χ2v) is 19.6. The van der Waals surface area contributed by atoms with Crippen LogP contribution in [0, 0.1) is 0 Å². The number of hydrogen-bond donors (Lipinski definition) is 0. The number of nitrogens with zero attached hydrogens (tertiary/aromatic N) is 3. The first kappa shape index (κ1) is 39.4. The van der Waals surface area contributed by atoms with Crippen LogP contribution in [0.5, 0.6) is 0 Å². The minimum absolute atomic E-state index is 0.482. The molecule has 0 atom stereocenters. The van der Waals surface area contributed by atoms with Crippen LogP contribution in [0.25, 0.3) is 98.8 Å². The van der Waals surface area contributed by atoms with Crippen molar-refractivity contribution in [1.82, 2.24) is 9.13 Å². The topological polar surface area (TPSA) is 13.1 Å². The lowest BCUT2D eigenvalue weighted by atomic mass is 9.70. The van der Waals surface area contributed by atoms with Gasteiger partial charge in [-0.2, -0.15) is 0 Å². The Bertz CT molecular complexity index is 4540. The molecule has 0 N–H and O–H groups in total. The highest BCUT2D eigenvalue weighted by Crippen LogP contribution is 2.64. The smallest absolute Gasteiger partial charge is 0.0726 e. The number of rotatable bonds is 5. The van der Waals surface area contributed by atoms with Crippen LogP contribution in [0.3, 0.4) is 0 Å². The largest absolute Gasteiger partial charge is 0.310 e. The van der Waals surface area contributed by atoms with Crippen LogP contribution in [-0.2, 0) is 5.41 Å². The molecule has 2 aromatic heterocycles. The Kier molecular flexibility index (Phi) is 8.09. The first-order chi connectivity index (χ1) is 35.7. The Morgan fingerprint density at radius 1 is 0.278 bits per heavy atom. The second-order valence-electron chi connectivity index (χ2n) is 19.6. The molecular weight excluding hydrogens is 871 g/mol. The average Bonchev–Trinajstić information content (AvgIpc) is 4.16. The Morgan fingerprint density at radius 2 is 0.792 bits per heavy atom. The molecule has 2 aliphatic rings. The van der Waals surface area contributed by atoms with E-state index in [1.54, 1.807) is 0 Å². The SMILES string of the molecule is c1ccc(-n2c3ccccc3c3cc(N(c4ccc5c6ccccc6n(-c6ccc7ccc8ccccc8c7c6)c5c4)c4cccc5c4-c4ccccc4C54c5ccccc5-c5ccccc54)ccc32)cc1. The van der Waals surface area contributed by atoms with Crippen molar-refractivity contribution in [2.45, 2.75) is 5.41 Å². The zero-order chi connectivity index (χ0) is 47.1. The van der Waals surface area contributed by atoms with Crippen molar-refractivity contribution in [1.29, 1.82) is 0 Å². The Balaban J connectivity index is 0.999. The number of hydrogen-bond acceptors (Lipinski definition) is 1. The fourth-order valence-electron chi connectivity index (χ4n) is 13.2. The predicted octanol–water partition coefficient (Wildman–Crippen LogP) is 18.0. The van der Waals surface area contributed by atoms with Gasteiger partial charge in [0.15, 0.2) is 0 Å². The number of fused-ring (bicyclic) bond motifs is 19. The number of aromatic nitrogens is 2. The van der Waals surface area contributed by atoms with Gasteiger partial charge in [0.25, 0.3) is 0 Å². The van der Waals surface area contributed by atoms with E-state index in [0.29, 0.717) is 0 Å². The third kappa shape index (κ3) is 5.24. The van der Waals surface area contributed by atoms with Crippen LogP contribution in [0.1, 0.15) is 22.3 Å². The maximum atomic E-state index is 2.55. The fraction of sp³-hybridized carbons (Fsp3) is 0.0145. The van der Waals surface area contributed by atoms with Gasteiger partial charge >= 0.3 is 0 Å². The highest BCUT2D eigenvalue weighted by atomic mass is 15.1. The lowest BCUT2D eigenvalue weighted by Crippen LogP contribution is -2.26. The number of anilines is 3. The molecule has 0 amide bonds. The van der Waals surface area contributed by atoms with Crippen LogP contribution in [0.15, 0.2) is 261 Å². The standard InChI is InChI=1S/C69H43N3/c1-2-18-46(19-3-1)71-64-31-15-10-24-54(64)58-42-47(38-40-65(58)71)70(66-32-16-29-62-68(66)56-25-8-13-28-61(56)69(62)59-26-11-6-21-51(59)52-22-7-12-27-60(52)69)49-37-39-55-53-23-9-14-30-63(53)72(67(55)43-49)48-36-35-45-34-33-44-17-4-5-20-50(44)57(45)41-48/h1-43H. The molecule has 0 bridgehead atoms. The molecule has 0 unspecified atom stereocenters. The summed E-state index contributed by atoms with van der Waals surface area (Å²) >= 11 is 0. The van der Waals surface area contributed by atoms with E-state index in [1.807, 2.05) is 0 Å². The maximum Gasteiger partial charge on any atom is 0.0726 e. The van der Waals surface area contributed by atoms with Crippen molar-refractivity contribution in [3.05, 3.63) is 283 Å². The first-order valence-corrected chi connectivity index (χ1v) is 25.0. The number of benzene rings is 12. The molecule has 334 valence electrons. The van der Waals surface area contributed by atoms with E-state index in [0.717, 1.165) is 34.0 Å². The second kappa shape index (κ2) is 14.8. The van der Waals surface area contributed by atoms with Crippen LogP contribution >= 0.6 is 0 Å². The quantitative estimate of drug-likeness (QED) is 0.157. The molecule has 14 aromatic rings. The summed E-state index contributed by atoms with van der Waals surface area (Å²) in [5.41, 5.74) is 20.3. The molecule has 12 aromatic carbocycles. The highest BCUT2D eigenvalue weighted by molar-refractivity contribution is 6.14. The van der Waals surface area contributed by atoms with Crippen molar-refractivity contribution < 1.29 is 0 Å². The molecule has 2 aliphatic carbocycles. The molecule has 0 saturated heterocycles. The zero-order valence-electron chi connectivity index (χ0n) is 39.2. The molecule has 0 radical (unpaired) electrons. The summed E-state index contributed by atoms with van der Waals surface area (Å²) in [4.78, 5) is 2.55. The molecule has 0 fully saturated rings. The molecule has 3 heteroatoms. The zero-order valence-corrected chi connectivity index (χ0v) is 39.2. The molecule has 72 heavy (non-hydrogen) atoms. The van der Waals surface area contributed by atoms with E-state index < -0.39 is 5.41 Å². The highest BCUT2D eigenvalue weighted by Gasteiger charge is 2.52. The van der Waals surface area contributed by atoms with Gasteiger partial charge in [-0.05, 0) is 133 Å². The molecule has 0 saturated carbocycles. The minimum Gasteiger partial charge on any atom is -0.310 e. The third-order valence-electron chi connectivity index (χ3n) is 16.1. The van der Waals surface area contributed by atoms with Crippen molar-refractivity contribution >= 4 is 82.2 Å². The Labute approximate surface area is 416 Å². The van der Waals surface area contributed by atoms with Gasteiger partial charge in [-0.15, -0.1) is 0 Å². The van der Waals surface area contributed by atoms with Crippen molar-refractivity contribution in [3.63, 3.8) is 0 Å². The monoisotopic (exact) mass is 913 g/mol. The van der Waals surface area contributed by atoms with Gasteiger partial charge in [0.2, 0.25) is 0 Å². The molecule has 0 aliphatic heterocycles. The van der Waals surface area contributed by atoms with Gasteiger partial charge in [0.05, 0.1) is 33.2 Å². The van der Waals surface area contributed by atoms with E-state index in [4.69, 9.17) is 0 Å². The summed E-state index contributed by atoms with van der Waals surface area (Å²) in [6.45, 7) is 0. The van der Waals surface area contributed by atoms with Gasteiger partial charge in [-0.25, -0.2) is 0 Å². The van der Waals surface area contributed by atoms with E-state index in [9.17, 15) is 0 Å². The van der Waals surface area contributed by atoms with E-state index >= 15 is 0 Å². The van der Waals surface area contributed by atoms with Crippen molar-refractivity contribution in [2.24, 2.45) is 0 Å². The van der Waals surface area contributed by atoms with Crippen LogP contribution in [0.4, 0.5) is 17.1 Å². The fourth-order valence-corrected chi connectivity index (χ4v) is 13.2. The minimum atomic E-state index is -0.482. The summed E-state index contributed by atoms with van der Waals surface area (Å²) in [5, 5.41) is 9.87. The van der Waals surface area contributed by atoms with Gasteiger partial charge < -0.3 is 14.0 Å². The molecule has 16 rings (SSSR count).